The van der Waals surface area contributed by atoms with Crippen LogP contribution >= 0.6 is 23.8 Å². The molecule has 0 radical (unpaired) electrons. The summed E-state index contributed by atoms with van der Waals surface area (Å²) in [6.45, 7) is 0. The minimum atomic E-state index is -2.24. The lowest BCUT2D eigenvalue weighted by Crippen LogP contribution is -2.11. The first kappa shape index (κ1) is 12.1. The molecule has 0 aliphatic rings. The van der Waals surface area contributed by atoms with Crippen LogP contribution in [0.25, 0.3) is 0 Å². The van der Waals surface area contributed by atoms with E-state index in [1.165, 1.54) is 0 Å². The molecule has 0 saturated carbocycles. The smallest absolute Gasteiger partial charge is 0.200 e. The highest BCUT2D eigenvalue weighted by Crippen LogP contribution is 2.27. The molecule has 1 rings (SSSR count). The zero-order valence-electron chi connectivity index (χ0n) is 6.68. The molecule has 1 aromatic carbocycles. The minimum absolute atomic E-state index is 0.641. The molecule has 0 fully saturated rings. The Bertz CT molecular complexity index is 407. The predicted molar refractivity (Wildman–Crippen MR) is 48.3 cm³/mol. The van der Waals surface area contributed by atoms with Crippen LogP contribution in [0.15, 0.2) is 0 Å². The van der Waals surface area contributed by atoms with E-state index in [4.69, 9.17) is 11.6 Å². The van der Waals surface area contributed by atoms with Crippen molar-refractivity contribution in [1.29, 1.82) is 0 Å². The molecule has 0 heterocycles. The molecule has 0 aliphatic carbocycles. The highest BCUT2D eigenvalue weighted by Gasteiger charge is 2.25. The van der Waals surface area contributed by atoms with Crippen molar-refractivity contribution < 1.29 is 22.0 Å². The SMILES string of the molecule is Fc1c(F)c(F)c(NC(=S)Cl)c(F)c1F. The molecule has 0 unspecified atom stereocenters. The van der Waals surface area contributed by atoms with Crippen LogP contribution in [0.1, 0.15) is 0 Å². The summed E-state index contributed by atoms with van der Waals surface area (Å²) < 4.78 is 62.7. The van der Waals surface area contributed by atoms with E-state index in [9.17, 15) is 22.0 Å². The zero-order valence-corrected chi connectivity index (χ0v) is 8.25. The van der Waals surface area contributed by atoms with Gasteiger partial charge in [0.25, 0.3) is 0 Å². The topological polar surface area (TPSA) is 12.0 Å². The number of anilines is 1. The van der Waals surface area contributed by atoms with E-state index >= 15 is 0 Å². The van der Waals surface area contributed by atoms with Gasteiger partial charge in [-0.3, -0.25) is 0 Å². The molecule has 0 aliphatic heterocycles. The second-order valence-electron chi connectivity index (χ2n) is 2.34. The van der Waals surface area contributed by atoms with Crippen LogP contribution in [0.5, 0.6) is 0 Å². The fourth-order valence-electron chi connectivity index (χ4n) is 0.813. The Kier molecular flexibility index (Phi) is 3.46. The molecule has 0 atom stereocenters. The lowest BCUT2D eigenvalue weighted by Gasteiger charge is -2.08. The second-order valence-corrected chi connectivity index (χ2v) is 3.35. The standard InChI is InChI=1S/C7HClF5NS/c8-7(15)14-6-4(12)2(10)1(9)3(11)5(6)13/h(H,14,15). The molecule has 0 aromatic heterocycles. The molecule has 0 saturated heterocycles. The molecule has 82 valence electrons. The lowest BCUT2D eigenvalue weighted by atomic mass is 10.2. The maximum absolute atomic E-state index is 12.9. The van der Waals surface area contributed by atoms with E-state index in [0.29, 0.717) is 0 Å². The number of halogens is 6. The summed E-state index contributed by atoms with van der Waals surface area (Å²) in [6, 6.07) is 0. The first-order valence-electron chi connectivity index (χ1n) is 3.34. The van der Waals surface area contributed by atoms with Gasteiger partial charge >= 0.3 is 0 Å². The summed E-state index contributed by atoms with van der Waals surface area (Å²) in [5, 5.41) is 1.65. The predicted octanol–water partition coefficient (Wildman–Crippen LogP) is 3.32. The van der Waals surface area contributed by atoms with E-state index in [2.05, 4.69) is 12.2 Å². The highest BCUT2D eigenvalue weighted by molar-refractivity contribution is 7.83. The van der Waals surface area contributed by atoms with Gasteiger partial charge in [0.2, 0.25) is 5.82 Å². The number of thiocarbonyl (C=S) groups is 1. The quantitative estimate of drug-likeness (QED) is 0.208. The lowest BCUT2D eigenvalue weighted by molar-refractivity contribution is 0.382. The summed E-state index contributed by atoms with van der Waals surface area (Å²) in [5.74, 6) is -10.4. The number of benzene rings is 1. The second kappa shape index (κ2) is 4.28. The molecule has 0 bridgehead atoms. The number of nitrogens with one attached hydrogen (secondary N) is 1. The minimum Gasteiger partial charge on any atom is -0.332 e. The summed E-state index contributed by atoms with van der Waals surface area (Å²) in [4.78, 5) is 0. The molecular formula is C7HClF5NS. The van der Waals surface area contributed by atoms with Gasteiger partial charge in [-0.05, 0) is 12.2 Å². The van der Waals surface area contributed by atoms with Crippen LogP contribution in [0, 0.1) is 29.1 Å². The van der Waals surface area contributed by atoms with Crippen LogP contribution in [0.4, 0.5) is 27.6 Å². The van der Waals surface area contributed by atoms with E-state index in [1.807, 2.05) is 0 Å². The van der Waals surface area contributed by atoms with Crippen molar-refractivity contribution in [2.45, 2.75) is 0 Å². The molecule has 1 N–H and O–H groups in total. The maximum atomic E-state index is 12.9. The van der Waals surface area contributed by atoms with Gasteiger partial charge in [-0.2, -0.15) is 0 Å². The Morgan fingerprint density at radius 3 is 1.53 bits per heavy atom. The van der Waals surface area contributed by atoms with Crippen LogP contribution in [0.2, 0.25) is 0 Å². The number of hydrogen-bond donors (Lipinski definition) is 1. The summed E-state index contributed by atoms with van der Waals surface area (Å²) >= 11 is 9.25. The van der Waals surface area contributed by atoms with Crippen LogP contribution in [-0.4, -0.2) is 4.45 Å². The van der Waals surface area contributed by atoms with Gasteiger partial charge in [0.1, 0.15) is 5.69 Å². The fourth-order valence-corrected chi connectivity index (χ4v) is 1.01. The zero-order chi connectivity index (χ0) is 11.7. The Labute approximate surface area is 90.8 Å². The highest BCUT2D eigenvalue weighted by atomic mass is 35.5. The van der Waals surface area contributed by atoms with E-state index < -0.39 is 39.2 Å². The molecule has 1 aromatic rings. The first-order valence-corrected chi connectivity index (χ1v) is 4.12. The Morgan fingerprint density at radius 2 is 1.20 bits per heavy atom. The molecule has 8 heteroatoms. The molecule has 0 amide bonds. The normalized spacial score (nSPS) is 10.3. The van der Waals surface area contributed by atoms with Gasteiger partial charge in [-0.25, -0.2) is 22.0 Å². The van der Waals surface area contributed by atoms with Crippen molar-refractivity contribution in [2.24, 2.45) is 0 Å². The van der Waals surface area contributed by atoms with Gasteiger partial charge < -0.3 is 5.32 Å². The van der Waals surface area contributed by atoms with Gasteiger partial charge in [0, 0.05) is 0 Å². The van der Waals surface area contributed by atoms with Crippen LogP contribution in [-0.2, 0) is 0 Å². The Hall–Kier alpha value is -0.950. The average molecular weight is 262 g/mol. The van der Waals surface area contributed by atoms with Crippen molar-refractivity contribution in [3.63, 3.8) is 0 Å². The van der Waals surface area contributed by atoms with E-state index in [-0.39, 0.29) is 0 Å². The third kappa shape index (κ3) is 2.18. The van der Waals surface area contributed by atoms with E-state index in [0.717, 1.165) is 0 Å². The van der Waals surface area contributed by atoms with Crippen LogP contribution in [0.3, 0.4) is 0 Å². The van der Waals surface area contributed by atoms with Gasteiger partial charge in [-0.15, -0.1) is 0 Å². The van der Waals surface area contributed by atoms with E-state index in [1.54, 1.807) is 5.32 Å². The molecular weight excluding hydrogens is 261 g/mol. The number of rotatable bonds is 1. The van der Waals surface area contributed by atoms with Crippen molar-refractivity contribution in [3.8, 4) is 0 Å². The Balaban J connectivity index is 3.45. The Morgan fingerprint density at radius 1 is 0.867 bits per heavy atom. The monoisotopic (exact) mass is 261 g/mol. The van der Waals surface area contributed by atoms with Crippen molar-refractivity contribution in [1.82, 2.24) is 0 Å². The summed E-state index contributed by atoms with van der Waals surface area (Å²) in [5.41, 5.74) is -1.27. The van der Waals surface area contributed by atoms with Crippen molar-refractivity contribution in [3.05, 3.63) is 29.1 Å². The summed E-state index contributed by atoms with van der Waals surface area (Å²) in [6.07, 6.45) is 0. The third-order valence-electron chi connectivity index (χ3n) is 1.43. The largest absolute Gasteiger partial charge is 0.332 e. The molecule has 15 heavy (non-hydrogen) atoms. The van der Waals surface area contributed by atoms with Crippen molar-refractivity contribution >= 4 is 34.0 Å². The van der Waals surface area contributed by atoms with Gasteiger partial charge in [0.05, 0.1) is 0 Å². The fraction of sp³-hybridized carbons (Fsp3) is 0. The van der Waals surface area contributed by atoms with Gasteiger partial charge in [-0.1, -0.05) is 11.6 Å². The molecule has 0 spiro atoms. The molecule has 1 nitrogen and oxygen atoms in total. The number of hydrogen-bond acceptors (Lipinski definition) is 1. The maximum Gasteiger partial charge on any atom is 0.200 e. The first-order chi connectivity index (χ1) is 6.86. The average Bonchev–Trinajstić information content (AvgIpc) is 2.18. The van der Waals surface area contributed by atoms with Crippen molar-refractivity contribution in [2.75, 3.05) is 5.32 Å². The van der Waals surface area contributed by atoms with Gasteiger partial charge in [0.15, 0.2) is 27.7 Å². The van der Waals surface area contributed by atoms with Crippen LogP contribution < -0.4 is 5.32 Å². The summed E-state index contributed by atoms with van der Waals surface area (Å²) in [7, 11) is 0. The third-order valence-corrected chi connectivity index (χ3v) is 1.63.